The van der Waals surface area contributed by atoms with Crippen LogP contribution in [0.5, 0.6) is 0 Å². The average Bonchev–Trinajstić information content (AvgIpc) is 2.08. The third-order valence-corrected chi connectivity index (χ3v) is 1.25. The highest BCUT2D eigenvalue weighted by Gasteiger charge is 1.79. The molecule has 0 aliphatic carbocycles. The lowest BCUT2D eigenvalue weighted by Gasteiger charge is -1.89. The molecule has 1 heteroatoms. The van der Waals surface area contributed by atoms with Crippen LogP contribution in [0.3, 0.4) is 0 Å². The average molecular weight is 168 g/mol. The highest BCUT2D eigenvalue weighted by Crippen LogP contribution is 1.96. The predicted octanol–water partition coefficient (Wildman–Crippen LogP) is 3.15. The largest absolute Gasteiger partial charge is 0.388 e. The molecule has 0 aliphatic heterocycles. The van der Waals surface area contributed by atoms with E-state index in [1.807, 2.05) is 6.07 Å². The molecular formula is C11H20O. The van der Waals surface area contributed by atoms with Crippen LogP contribution in [-0.2, 0) is 11.2 Å². The second kappa shape index (κ2) is 10.2. The van der Waals surface area contributed by atoms with Gasteiger partial charge in [-0.05, 0) is 12.0 Å². The van der Waals surface area contributed by atoms with Gasteiger partial charge in [-0.15, -0.1) is 0 Å². The van der Waals surface area contributed by atoms with E-state index in [0.717, 1.165) is 6.42 Å². The van der Waals surface area contributed by atoms with Gasteiger partial charge in [0.15, 0.2) is 0 Å². The van der Waals surface area contributed by atoms with Crippen molar-refractivity contribution in [1.29, 1.82) is 0 Å². The Kier molecular flexibility index (Phi) is 11.7. The van der Waals surface area contributed by atoms with Gasteiger partial charge in [-0.3, -0.25) is 0 Å². The first-order chi connectivity index (χ1) is 5.35. The minimum atomic E-state index is 0. The Morgan fingerprint density at radius 2 is 1.50 bits per heavy atom. The van der Waals surface area contributed by atoms with Crippen molar-refractivity contribution in [1.82, 2.24) is 0 Å². The molecule has 0 amide bonds. The van der Waals surface area contributed by atoms with Crippen molar-refractivity contribution in [2.45, 2.75) is 20.8 Å². The molecule has 0 saturated carbocycles. The molecule has 0 atom stereocenters. The Labute approximate surface area is 76.4 Å². The first-order valence-electron chi connectivity index (χ1n) is 3.79. The SMILES string of the molecule is C.CCc1ccccc1.COC. The first kappa shape index (κ1) is 13.7. The topological polar surface area (TPSA) is 9.23 Å². The van der Waals surface area contributed by atoms with Crippen molar-refractivity contribution < 1.29 is 4.74 Å². The van der Waals surface area contributed by atoms with E-state index in [4.69, 9.17) is 0 Å². The Bertz CT molecular complexity index is 158. The summed E-state index contributed by atoms with van der Waals surface area (Å²) < 4.78 is 4.25. The van der Waals surface area contributed by atoms with Crippen LogP contribution in [-0.4, -0.2) is 14.2 Å². The quantitative estimate of drug-likeness (QED) is 0.626. The van der Waals surface area contributed by atoms with Crippen LogP contribution >= 0.6 is 0 Å². The van der Waals surface area contributed by atoms with Crippen LogP contribution in [0.2, 0.25) is 0 Å². The molecule has 12 heavy (non-hydrogen) atoms. The van der Waals surface area contributed by atoms with E-state index in [9.17, 15) is 0 Å². The summed E-state index contributed by atoms with van der Waals surface area (Å²) in [6.45, 7) is 2.16. The molecule has 0 fully saturated rings. The summed E-state index contributed by atoms with van der Waals surface area (Å²) in [5.41, 5.74) is 1.41. The second-order valence-corrected chi connectivity index (χ2v) is 2.25. The lowest BCUT2D eigenvalue weighted by molar-refractivity contribution is 0.277. The normalized spacial score (nSPS) is 7.58. The number of ether oxygens (including phenoxy) is 1. The molecule has 0 spiro atoms. The zero-order chi connectivity index (χ0) is 8.53. The Balaban J connectivity index is 0. The van der Waals surface area contributed by atoms with Crippen LogP contribution in [0.25, 0.3) is 0 Å². The van der Waals surface area contributed by atoms with Gasteiger partial charge in [0.1, 0.15) is 0 Å². The first-order valence-corrected chi connectivity index (χ1v) is 3.79. The molecule has 1 nitrogen and oxygen atoms in total. The summed E-state index contributed by atoms with van der Waals surface area (Å²) in [4.78, 5) is 0. The molecule has 1 rings (SSSR count). The molecule has 0 bridgehead atoms. The van der Waals surface area contributed by atoms with E-state index in [2.05, 4.69) is 35.9 Å². The summed E-state index contributed by atoms with van der Waals surface area (Å²) in [7, 11) is 3.25. The maximum absolute atomic E-state index is 4.25. The van der Waals surface area contributed by atoms with Crippen molar-refractivity contribution in [3.05, 3.63) is 35.9 Å². The zero-order valence-corrected chi connectivity index (χ0v) is 7.50. The molecule has 0 radical (unpaired) electrons. The number of rotatable bonds is 1. The van der Waals surface area contributed by atoms with Gasteiger partial charge in [0.2, 0.25) is 0 Å². The number of methoxy groups -OCH3 is 1. The lowest BCUT2D eigenvalue weighted by Crippen LogP contribution is -1.73. The smallest absolute Gasteiger partial charge is 0.0351 e. The van der Waals surface area contributed by atoms with E-state index < -0.39 is 0 Å². The van der Waals surface area contributed by atoms with E-state index >= 15 is 0 Å². The predicted molar refractivity (Wildman–Crippen MR) is 55.5 cm³/mol. The lowest BCUT2D eigenvalue weighted by atomic mass is 10.2. The fourth-order valence-corrected chi connectivity index (χ4v) is 0.714. The highest BCUT2D eigenvalue weighted by atomic mass is 16.4. The number of aryl methyl sites for hydroxylation is 1. The Morgan fingerprint density at radius 1 is 1.08 bits per heavy atom. The van der Waals surface area contributed by atoms with Crippen LogP contribution in [0.15, 0.2) is 30.3 Å². The van der Waals surface area contributed by atoms with Crippen LogP contribution in [0.1, 0.15) is 19.9 Å². The Hall–Kier alpha value is -0.820. The molecule has 0 aliphatic rings. The third kappa shape index (κ3) is 7.29. The number of hydrogen-bond acceptors (Lipinski definition) is 1. The monoisotopic (exact) mass is 168 g/mol. The number of benzene rings is 1. The highest BCUT2D eigenvalue weighted by molar-refractivity contribution is 5.13. The van der Waals surface area contributed by atoms with Gasteiger partial charge in [-0.25, -0.2) is 0 Å². The Morgan fingerprint density at radius 3 is 1.75 bits per heavy atom. The van der Waals surface area contributed by atoms with E-state index in [0.29, 0.717) is 0 Å². The number of hydrogen-bond donors (Lipinski definition) is 0. The fraction of sp³-hybridized carbons (Fsp3) is 0.455. The molecule has 0 aromatic heterocycles. The van der Waals surface area contributed by atoms with Gasteiger partial charge in [0.05, 0.1) is 0 Å². The van der Waals surface area contributed by atoms with Gasteiger partial charge in [-0.1, -0.05) is 44.7 Å². The van der Waals surface area contributed by atoms with Crippen molar-refractivity contribution in [2.24, 2.45) is 0 Å². The van der Waals surface area contributed by atoms with Crippen LogP contribution < -0.4 is 0 Å². The van der Waals surface area contributed by atoms with Crippen molar-refractivity contribution in [3.63, 3.8) is 0 Å². The van der Waals surface area contributed by atoms with Gasteiger partial charge in [-0.2, -0.15) is 0 Å². The van der Waals surface area contributed by atoms with Gasteiger partial charge in [0.25, 0.3) is 0 Å². The van der Waals surface area contributed by atoms with Crippen molar-refractivity contribution in [2.75, 3.05) is 14.2 Å². The third-order valence-electron chi connectivity index (χ3n) is 1.25. The molecule has 0 N–H and O–H groups in total. The standard InChI is InChI=1S/C8H10.C2H6O.CH4/c1-2-8-6-4-3-5-7-8;1-3-2;/h3-7H,2H2,1H3;1-2H3;1H4. The molecular weight excluding hydrogens is 148 g/mol. The van der Waals surface area contributed by atoms with Crippen molar-refractivity contribution in [3.8, 4) is 0 Å². The van der Waals surface area contributed by atoms with Crippen LogP contribution in [0, 0.1) is 0 Å². The molecule has 1 aromatic rings. The molecule has 70 valence electrons. The maximum Gasteiger partial charge on any atom is 0.0351 e. The summed E-state index contributed by atoms with van der Waals surface area (Å²) in [6.07, 6.45) is 1.14. The van der Waals surface area contributed by atoms with Crippen molar-refractivity contribution >= 4 is 0 Å². The summed E-state index contributed by atoms with van der Waals surface area (Å²) in [5.74, 6) is 0. The summed E-state index contributed by atoms with van der Waals surface area (Å²) in [6, 6.07) is 10.5. The molecule has 0 saturated heterocycles. The fourth-order valence-electron chi connectivity index (χ4n) is 0.714. The molecule has 1 aromatic carbocycles. The summed E-state index contributed by atoms with van der Waals surface area (Å²) in [5, 5.41) is 0. The maximum atomic E-state index is 4.25. The van der Waals surface area contributed by atoms with Gasteiger partial charge in [0, 0.05) is 14.2 Å². The summed E-state index contributed by atoms with van der Waals surface area (Å²) >= 11 is 0. The molecule has 0 unspecified atom stereocenters. The minimum absolute atomic E-state index is 0. The van der Waals surface area contributed by atoms with E-state index in [1.165, 1.54) is 5.56 Å². The van der Waals surface area contributed by atoms with E-state index in [1.54, 1.807) is 14.2 Å². The second-order valence-electron chi connectivity index (χ2n) is 2.25. The molecule has 0 heterocycles. The minimum Gasteiger partial charge on any atom is -0.388 e. The van der Waals surface area contributed by atoms with Gasteiger partial charge >= 0.3 is 0 Å². The zero-order valence-electron chi connectivity index (χ0n) is 7.50. The van der Waals surface area contributed by atoms with Crippen LogP contribution in [0.4, 0.5) is 0 Å². The van der Waals surface area contributed by atoms with Gasteiger partial charge < -0.3 is 4.74 Å². The van der Waals surface area contributed by atoms with E-state index in [-0.39, 0.29) is 7.43 Å².